The Bertz CT molecular complexity index is 512. The van der Waals surface area contributed by atoms with E-state index in [4.69, 9.17) is 11.6 Å². The van der Waals surface area contributed by atoms with E-state index in [1.165, 1.54) is 0 Å². The van der Waals surface area contributed by atoms with E-state index in [1.807, 2.05) is 19.2 Å². The second kappa shape index (κ2) is 4.73. The summed E-state index contributed by atoms with van der Waals surface area (Å²) in [5, 5.41) is 14.8. The number of nitrogens with zero attached hydrogens (tertiary/aromatic N) is 2. The average molecular weight is 349 g/mol. The molecule has 1 heterocycles. The molecule has 0 radical (unpaired) electrons. The molecule has 0 saturated heterocycles. The van der Waals surface area contributed by atoms with Crippen LogP contribution in [0.15, 0.2) is 30.6 Å². The monoisotopic (exact) mass is 348 g/mol. The Hall–Kier alpha value is -0.590. The number of benzene rings is 1. The highest BCUT2D eigenvalue weighted by Crippen LogP contribution is 2.26. The van der Waals surface area contributed by atoms with Crippen LogP contribution in [-0.4, -0.2) is 14.9 Å². The van der Waals surface area contributed by atoms with Gasteiger partial charge in [0.1, 0.15) is 6.10 Å². The van der Waals surface area contributed by atoms with Crippen LogP contribution in [-0.2, 0) is 7.05 Å². The zero-order valence-corrected chi connectivity index (χ0v) is 11.5. The Morgan fingerprint density at radius 3 is 2.75 bits per heavy atom. The molecule has 0 saturated carbocycles. The first-order valence-electron chi connectivity index (χ1n) is 4.69. The van der Waals surface area contributed by atoms with Crippen molar-refractivity contribution in [2.45, 2.75) is 6.10 Å². The summed E-state index contributed by atoms with van der Waals surface area (Å²) in [6, 6.07) is 5.53. The van der Waals surface area contributed by atoms with Gasteiger partial charge < -0.3 is 5.11 Å². The van der Waals surface area contributed by atoms with Gasteiger partial charge in [-0.2, -0.15) is 5.10 Å². The van der Waals surface area contributed by atoms with Gasteiger partial charge in [0.2, 0.25) is 0 Å². The average Bonchev–Trinajstić information content (AvgIpc) is 2.68. The molecule has 84 valence electrons. The highest BCUT2D eigenvalue weighted by molar-refractivity contribution is 14.1. The van der Waals surface area contributed by atoms with Crippen LogP contribution >= 0.6 is 34.2 Å². The molecule has 2 rings (SSSR count). The third-order valence-corrected chi connectivity index (χ3v) is 3.87. The Kier molecular flexibility index (Phi) is 3.51. The molecule has 1 unspecified atom stereocenters. The van der Waals surface area contributed by atoms with Crippen molar-refractivity contribution in [3.05, 3.63) is 50.3 Å². The van der Waals surface area contributed by atoms with E-state index in [-0.39, 0.29) is 0 Å². The second-order valence-electron chi connectivity index (χ2n) is 3.52. The standard InChI is InChI=1S/C11H10ClIN2O/c1-15-6-8(5-14-15)11(16)7-2-3-10(13)9(12)4-7/h2-6,11,16H,1H3. The van der Waals surface area contributed by atoms with E-state index in [0.29, 0.717) is 5.02 Å². The van der Waals surface area contributed by atoms with Crippen LogP contribution in [0.1, 0.15) is 17.2 Å². The third kappa shape index (κ3) is 2.39. The first-order chi connectivity index (χ1) is 7.58. The van der Waals surface area contributed by atoms with Crippen LogP contribution in [0.5, 0.6) is 0 Å². The number of aryl methyl sites for hydroxylation is 1. The molecule has 1 aromatic carbocycles. The molecular weight excluding hydrogens is 338 g/mol. The molecule has 0 fully saturated rings. The normalized spacial score (nSPS) is 12.8. The lowest BCUT2D eigenvalue weighted by atomic mass is 10.1. The molecule has 5 heteroatoms. The second-order valence-corrected chi connectivity index (χ2v) is 5.09. The van der Waals surface area contributed by atoms with Gasteiger partial charge in [-0.1, -0.05) is 17.7 Å². The predicted octanol–water partition coefficient (Wildman–Crippen LogP) is 2.76. The fraction of sp³-hybridized carbons (Fsp3) is 0.182. The van der Waals surface area contributed by atoms with E-state index in [2.05, 4.69) is 27.7 Å². The van der Waals surface area contributed by atoms with E-state index in [9.17, 15) is 5.11 Å². The summed E-state index contributed by atoms with van der Waals surface area (Å²) in [6.07, 6.45) is 2.76. The van der Waals surface area contributed by atoms with Gasteiger partial charge in [0, 0.05) is 22.4 Å². The van der Waals surface area contributed by atoms with Crippen molar-refractivity contribution in [2.75, 3.05) is 0 Å². The molecular formula is C11H10ClIN2O. The molecule has 3 nitrogen and oxygen atoms in total. The van der Waals surface area contributed by atoms with Crippen LogP contribution in [0.4, 0.5) is 0 Å². The highest BCUT2D eigenvalue weighted by atomic mass is 127. The number of aromatic nitrogens is 2. The first-order valence-corrected chi connectivity index (χ1v) is 6.15. The molecule has 0 spiro atoms. The van der Waals surface area contributed by atoms with E-state index < -0.39 is 6.10 Å². The number of hydrogen-bond acceptors (Lipinski definition) is 2. The molecule has 1 atom stereocenters. The minimum absolute atomic E-state index is 0.654. The van der Waals surface area contributed by atoms with Crippen LogP contribution in [0, 0.1) is 3.57 Å². The van der Waals surface area contributed by atoms with Gasteiger partial charge in [0.25, 0.3) is 0 Å². The lowest BCUT2D eigenvalue weighted by molar-refractivity contribution is 0.220. The van der Waals surface area contributed by atoms with Gasteiger partial charge in [0.05, 0.1) is 11.2 Å². The summed E-state index contributed by atoms with van der Waals surface area (Å²) in [5.41, 5.74) is 1.54. The lowest BCUT2D eigenvalue weighted by Gasteiger charge is -2.09. The molecule has 2 aromatic rings. The van der Waals surface area contributed by atoms with Gasteiger partial charge in [-0.3, -0.25) is 4.68 Å². The quantitative estimate of drug-likeness (QED) is 0.848. The van der Waals surface area contributed by atoms with Crippen LogP contribution in [0.3, 0.4) is 0 Å². The molecule has 0 amide bonds. The maximum absolute atomic E-state index is 10.1. The summed E-state index contributed by atoms with van der Waals surface area (Å²) in [6.45, 7) is 0. The zero-order valence-electron chi connectivity index (χ0n) is 8.56. The number of aliphatic hydroxyl groups is 1. The fourth-order valence-corrected chi connectivity index (χ4v) is 1.98. The molecule has 1 aromatic heterocycles. The van der Waals surface area contributed by atoms with Gasteiger partial charge in [0.15, 0.2) is 0 Å². The van der Waals surface area contributed by atoms with Crippen molar-refractivity contribution in [1.29, 1.82) is 0 Å². The number of halogens is 2. The Morgan fingerprint density at radius 1 is 1.44 bits per heavy atom. The molecule has 0 aliphatic heterocycles. The predicted molar refractivity (Wildman–Crippen MR) is 71.4 cm³/mol. The molecule has 0 bridgehead atoms. The minimum atomic E-state index is -0.678. The summed E-state index contributed by atoms with van der Waals surface area (Å²) in [7, 11) is 1.82. The topological polar surface area (TPSA) is 38.0 Å². The Balaban J connectivity index is 2.33. The maximum Gasteiger partial charge on any atom is 0.107 e. The zero-order chi connectivity index (χ0) is 11.7. The smallest absolute Gasteiger partial charge is 0.107 e. The van der Waals surface area contributed by atoms with Crippen LogP contribution in [0.25, 0.3) is 0 Å². The van der Waals surface area contributed by atoms with Crippen molar-refractivity contribution >= 4 is 34.2 Å². The van der Waals surface area contributed by atoms with Gasteiger partial charge in [-0.05, 0) is 40.3 Å². The van der Waals surface area contributed by atoms with Crippen molar-refractivity contribution in [3.63, 3.8) is 0 Å². The number of rotatable bonds is 2. The first kappa shape index (κ1) is 11.9. The molecule has 0 aliphatic rings. The largest absolute Gasteiger partial charge is 0.384 e. The summed E-state index contributed by atoms with van der Waals surface area (Å²) in [4.78, 5) is 0. The lowest BCUT2D eigenvalue weighted by Crippen LogP contribution is -1.98. The SMILES string of the molecule is Cn1cc(C(O)c2ccc(I)c(Cl)c2)cn1. The minimum Gasteiger partial charge on any atom is -0.384 e. The summed E-state index contributed by atoms with van der Waals surface area (Å²) < 4.78 is 2.63. The van der Waals surface area contributed by atoms with E-state index in [1.54, 1.807) is 23.1 Å². The van der Waals surface area contributed by atoms with Crippen molar-refractivity contribution < 1.29 is 5.11 Å². The molecule has 0 aliphatic carbocycles. The fourth-order valence-electron chi connectivity index (χ4n) is 1.46. The number of hydrogen-bond donors (Lipinski definition) is 1. The van der Waals surface area contributed by atoms with Crippen LogP contribution in [0.2, 0.25) is 5.02 Å². The van der Waals surface area contributed by atoms with Crippen LogP contribution < -0.4 is 0 Å². The maximum atomic E-state index is 10.1. The third-order valence-electron chi connectivity index (χ3n) is 2.30. The van der Waals surface area contributed by atoms with Crippen molar-refractivity contribution in [2.24, 2.45) is 7.05 Å². The Morgan fingerprint density at radius 2 is 2.19 bits per heavy atom. The van der Waals surface area contributed by atoms with E-state index >= 15 is 0 Å². The van der Waals surface area contributed by atoms with Gasteiger partial charge >= 0.3 is 0 Å². The molecule has 1 N–H and O–H groups in total. The summed E-state index contributed by atoms with van der Waals surface area (Å²) in [5.74, 6) is 0. The molecule has 16 heavy (non-hydrogen) atoms. The Labute approximate surface area is 112 Å². The van der Waals surface area contributed by atoms with Gasteiger partial charge in [-0.25, -0.2) is 0 Å². The van der Waals surface area contributed by atoms with Crippen molar-refractivity contribution in [1.82, 2.24) is 9.78 Å². The van der Waals surface area contributed by atoms with E-state index in [0.717, 1.165) is 14.7 Å². The van der Waals surface area contributed by atoms with Crippen molar-refractivity contribution in [3.8, 4) is 0 Å². The summed E-state index contributed by atoms with van der Waals surface area (Å²) >= 11 is 8.16. The number of aliphatic hydroxyl groups excluding tert-OH is 1. The highest BCUT2D eigenvalue weighted by Gasteiger charge is 2.13. The van der Waals surface area contributed by atoms with Gasteiger partial charge in [-0.15, -0.1) is 0 Å².